The van der Waals surface area contributed by atoms with E-state index < -0.39 is 11.7 Å². The maximum absolute atomic E-state index is 12.7. The molecule has 0 aliphatic heterocycles. The number of pyridine rings is 1. The van der Waals surface area contributed by atoms with Crippen molar-refractivity contribution >= 4 is 11.2 Å². The lowest BCUT2D eigenvalue weighted by Crippen LogP contribution is -2.05. The van der Waals surface area contributed by atoms with Gasteiger partial charge in [0.05, 0.1) is 16.8 Å². The Hall–Kier alpha value is -2.64. The van der Waals surface area contributed by atoms with E-state index in [9.17, 15) is 13.2 Å². The van der Waals surface area contributed by atoms with Crippen LogP contribution in [-0.2, 0) is 19.0 Å². The third kappa shape index (κ3) is 4.50. The van der Waals surface area contributed by atoms with E-state index in [1.54, 1.807) is 0 Å². The van der Waals surface area contributed by atoms with Crippen molar-refractivity contribution in [3.63, 3.8) is 0 Å². The third-order valence-electron chi connectivity index (χ3n) is 4.02. The summed E-state index contributed by atoms with van der Waals surface area (Å²) in [5, 5.41) is 3.94. The van der Waals surface area contributed by atoms with E-state index in [0.29, 0.717) is 29.8 Å². The topological polar surface area (TPSA) is 67.6 Å². The second-order valence-electron chi connectivity index (χ2n) is 6.34. The van der Waals surface area contributed by atoms with E-state index in [1.165, 1.54) is 0 Å². The summed E-state index contributed by atoms with van der Waals surface area (Å²) in [7, 11) is 0. The number of allylic oxidation sites excluding steroid dienone is 1. The summed E-state index contributed by atoms with van der Waals surface area (Å²) in [4.78, 5) is 10.9. The Morgan fingerprint density at radius 3 is 2.77 bits per heavy atom. The highest BCUT2D eigenvalue weighted by Crippen LogP contribution is 2.30. The van der Waals surface area contributed by atoms with E-state index in [2.05, 4.69) is 26.7 Å². The van der Waals surface area contributed by atoms with Gasteiger partial charge in [-0.1, -0.05) is 17.3 Å². The first-order chi connectivity index (χ1) is 12.3. The van der Waals surface area contributed by atoms with E-state index >= 15 is 0 Å². The minimum atomic E-state index is -4.41. The van der Waals surface area contributed by atoms with Gasteiger partial charge in [-0.25, -0.2) is 9.97 Å². The van der Waals surface area contributed by atoms with Crippen LogP contribution in [-0.4, -0.2) is 20.1 Å². The molecule has 8 heteroatoms. The molecule has 0 radical (unpaired) electrons. The molecule has 0 aliphatic rings. The van der Waals surface area contributed by atoms with E-state index in [-0.39, 0.29) is 0 Å². The van der Waals surface area contributed by atoms with Crippen LogP contribution < -0.4 is 0 Å². The number of aryl methyl sites for hydroxylation is 2. The number of nitrogens with one attached hydrogen (secondary N) is 1. The molecule has 0 bridgehead atoms. The van der Waals surface area contributed by atoms with Crippen LogP contribution in [0.25, 0.3) is 11.2 Å². The van der Waals surface area contributed by atoms with Crippen molar-refractivity contribution in [2.75, 3.05) is 0 Å². The predicted octanol–water partition coefficient (Wildman–Crippen LogP) is 4.78. The van der Waals surface area contributed by atoms with Gasteiger partial charge in [-0.3, -0.25) is 0 Å². The van der Waals surface area contributed by atoms with Gasteiger partial charge in [-0.05, 0) is 32.3 Å². The maximum atomic E-state index is 12.7. The van der Waals surface area contributed by atoms with Crippen molar-refractivity contribution in [1.29, 1.82) is 0 Å². The SMILES string of the molecule is C=C(CCCCc1nc2ncc(C(F)(F)F)cc2[nH]1)Cc1cc(C)on1. The monoisotopic (exact) mass is 364 g/mol. The molecule has 3 heterocycles. The number of unbranched alkanes of at least 4 members (excludes halogenated alkanes) is 1. The molecule has 0 saturated carbocycles. The van der Waals surface area contributed by atoms with Crippen LogP contribution in [0.15, 0.2) is 35.0 Å². The van der Waals surface area contributed by atoms with Crippen LogP contribution in [0, 0.1) is 6.92 Å². The fraction of sp³-hybridized carbons (Fsp3) is 0.389. The average Bonchev–Trinajstić information content (AvgIpc) is 3.15. The smallest absolute Gasteiger partial charge is 0.361 e. The summed E-state index contributed by atoms with van der Waals surface area (Å²) in [6.45, 7) is 5.90. The minimum absolute atomic E-state index is 0.304. The molecular formula is C18H19F3N4O. The van der Waals surface area contributed by atoms with Gasteiger partial charge in [0.25, 0.3) is 0 Å². The van der Waals surface area contributed by atoms with Gasteiger partial charge in [-0.2, -0.15) is 13.2 Å². The minimum Gasteiger partial charge on any atom is -0.361 e. The first-order valence-corrected chi connectivity index (χ1v) is 8.32. The number of aromatic amines is 1. The van der Waals surface area contributed by atoms with Crippen molar-refractivity contribution in [3.8, 4) is 0 Å². The molecule has 0 unspecified atom stereocenters. The summed E-state index contributed by atoms with van der Waals surface area (Å²) in [5.41, 5.74) is 1.77. The van der Waals surface area contributed by atoms with Crippen molar-refractivity contribution in [2.45, 2.75) is 45.2 Å². The Morgan fingerprint density at radius 1 is 1.27 bits per heavy atom. The number of nitrogens with zero attached hydrogens (tertiary/aromatic N) is 3. The molecule has 26 heavy (non-hydrogen) atoms. The van der Waals surface area contributed by atoms with Crippen molar-refractivity contribution in [2.24, 2.45) is 0 Å². The molecule has 0 amide bonds. The second-order valence-corrected chi connectivity index (χ2v) is 6.34. The molecule has 0 fully saturated rings. The van der Waals surface area contributed by atoms with Crippen LogP contribution in [0.5, 0.6) is 0 Å². The first kappa shape index (κ1) is 18.2. The number of hydrogen-bond donors (Lipinski definition) is 1. The van der Waals surface area contributed by atoms with Crippen LogP contribution in [0.3, 0.4) is 0 Å². The number of rotatable bonds is 7. The average molecular weight is 364 g/mol. The molecule has 3 aromatic rings. The van der Waals surface area contributed by atoms with Gasteiger partial charge in [0.2, 0.25) is 0 Å². The zero-order chi connectivity index (χ0) is 18.7. The molecule has 3 rings (SSSR count). The van der Waals surface area contributed by atoms with Crippen LogP contribution in [0.2, 0.25) is 0 Å². The zero-order valence-corrected chi connectivity index (χ0v) is 14.4. The Morgan fingerprint density at radius 2 is 2.08 bits per heavy atom. The van der Waals surface area contributed by atoms with Gasteiger partial charge < -0.3 is 9.51 Å². The van der Waals surface area contributed by atoms with Gasteiger partial charge in [0.1, 0.15) is 11.6 Å². The second kappa shape index (κ2) is 7.31. The molecule has 3 aromatic heterocycles. The molecule has 138 valence electrons. The van der Waals surface area contributed by atoms with Crippen molar-refractivity contribution in [3.05, 3.63) is 53.3 Å². The zero-order valence-electron chi connectivity index (χ0n) is 14.4. The molecule has 0 aromatic carbocycles. The third-order valence-corrected chi connectivity index (χ3v) is 4.02. The lowest BCUT2D eigenvalue weighted by molar-refractivity contribution is -0.137. The summed E-state index contributed by atoms with van der Waals surface area (Å²) in [6.07, 6.45) is 0.345. The largest absolute Gasteiger partial charge is 0.417 e. The molecule has 0 atom stereocenters. The van der Waals surface area contributed by atoms with Gasteiger partial charge in [0, 0.05) is 25.1 Å². The predicted molar refractivity (Wildman–Crippen MR) is 90.5 cm³/mol. The molecule has 0 saturated heterocycles. The highest BCUT2D eigenvalue weighted by molar-refractivity contribution is 5.71. The summed E-state index contributed by atoms with van der Waals surface area (Å²) < 4.78 is 43.2. The Bertz CT molecular complexity index is 911. The van der Waals surface area contributed by atoms with E-state index in [0.717, 1.165) is 48.6 Å². The number of hydrogen-bond acceptors (Lipinski definition) is 4. The van der Waals surface area contributed by atoms with Crippen LogP contribution >= 0.6 is 0 Å². The molecule has 0 spiro atoms. The number of imidazole rings is 1. The summed E-state index contributed by atoms with van der Waals surface area (Å²) in [6, 6.07) is 2.93. The van der Waals surface area contributed by atoms with E-state index in [1.807, 2.05) is 13.0 Å². The number of fused-ring (bicyclic) bond motifs is 1. The normalized spacial score (nSPS) is 12.0. The number of alkyl halides is 3. The fourth-order valence-corrected chi connectivity index (χ4v) is 2.74. The van der Waals surface area contributed by atoms with Crippen molar-refractivity contribution in [1.82, 2.24) is 20.1 Å². The van der Waals surface area contributed by atoms with Gasteiger partial charge in [-0.15, -0.1) is 0 Å². The molecule has 5 nitrogen and oxygen atoms in total. The lowest BCUT2D eigenvalue weighted by Gasteiger charge is -2.04. The number of H-pyrrole nitrogens is 1. The standard InChI is InChI=1S/C18H19F3N4O/c1-11(7-14-8-12(2)26-25-14)5-3-4-6-16-23-15-9-13(18(19,20)21)10-22-17(15)24-16/h8-10H,1,3-7H2,2H3,(H,22,23,24). The van der Waals surface area contributed by atoms with Crippen molar-refractivity contribution < 1.29 is 17.7 Å². The van der Waals surface area contributed by atoms with E-state index in [4.69, 9.17) is 4.52 Å². The van der Waals surface area contributed by atoms with Crippen LogP contribution in [0.1, 0.15) is 42.1 Å². The summed E-state index contributed by atoms with van der Waals surface area (Å²) in [5.74, 6) is 1.42. The lowest BCUT2D eigenvalue weighted by atomic mass is 10.0. The Kier molecular flexibility index (Phi) is 5.11. The number of halogens is 3. The summed E-state index contributed by atoms with van der Waals surface area (Å²) >= 11 is 0. The molecular weight excluding hydrogens is 345 g/mol. The Balaban J connectivity index is 1.49. The highest BCUT2D eigenvalue weighted by atomic mass is 19.4. The van der Waals surface area contributed by atoms with Gasteiger partial charge >= 0.3 is 6.18 Å². The molecule has 0 aliphatic carbocycles. The maximum Gasteiger partial charge on any atom is 0.417 e. The molecule has 1 N–H and O–H groups in total. The van der Waals surface area contributed by atoms with Crippen LogP contribution in [0.4, 0.5) is 13.2 Å². The highest BCUT2D eigenvalue weighted by Gasteiger charge is 2.31. The number of aromatic nitrogens is 4. The Labute approximate surface area is 148 Å². The quantitative estimate of drug-likeness (QED) is 0.484. The van der Waals surface area contributed by atoms with Gasteiger partial charge in [0.15, 0.2) is 5.65 Å². The first-order valence-electron chi connectivity index (χ1n) is 8.32. The fourth-order valence-electron chi connectivity index (χ4n) is 2.74.